The molecule has 0 radical (unpaired) electrons. The molecule has 2 aromatic carbocycles. The highest BCUT2D eigenvalue weighted by Crippen LogP contribution is 2.30. The fraction of sp³-hybridized carbons (Fsp3) is 0.176. The van der Waals surface area contributed by atoms with Gasteiger partial charge in [0.1, 0.15) is 6.61 Å². The average Bonchev–Trinajstić information content (AvgIpc) is 2.90. The van der Waals surface area contributed by atoms with E-state index in [4.69, 9.17) is 11.6 Å². The molecule has 1 aliphatic heterocycles. The second-order valence-electron chi connectivity index (χ2n) is 5.49. The summed E-state index contributed by atoms with van der Waals surface area (Å²) < 4.78 is 1.93. The zero-order chi connectivity index (χ0) is 15.8. The Morgan fingerprint density at radius 2 is 1.87 bits per heavy atom. The Labute approximate surface area is 138 Å². The van der Waals surface area contributed by atoms with Crippen LogP contribution in [0.15, 0.2) is 48.5 Å². The van der Waals surface area contributed by atoms with Gasteiger partial charge in [0, 0.05) is 17.3 Å². The molecule has 6 heteroatoms. The normalized spacial score (nSPS) is 13.4. The summed E-state index contributed by atoms with van der Waals surface area (Å²) in [6, 6.07) is 15.9. The lowest BCUT2D eigenvalue weighted by molar-refractivity contribution is 0.268. The number of hydrogen-bond donors (Lipinski definition) is 1. The highest BCUT2D eigenvalue weighted by atomic mass is 35.5. The Bertz CT molecular complexity index is 847. The second-order valence-corrected chi connectivity index (χ2v) is 5.93. The van der Waals surface area contributed by atoms with Gasteiger partial charge in [-0.25, -0.2) is 0 Å². The Kier molecular flexibility index (Phi) is 3.52. The number of nitrogens with zero attached hydrogens (tertiary/aromatic N) is 4. The monoisotopic (exact) mass is 326 g/mol. The summed E-state index contributed by atoms with van der Waals surface area (Å²) in [7, 11) is 0. The quantitative estimate of drug-likeness (QED) is 0.786. The van der Waals surface area contributed by atoms with E-state index >= 15 is 0 Å². The van der Waals surface area contributed by atoms with Crippen LogP contribution in [0.1, 0.15) is 17.2 Å². The molecule has 116 valence electrons. The van der Waals surface area contributed by atoms with E-state index in [0.29, 0.717) is 23.9 Å². The molecule has 0 saturated carbocycles. The summed E-state index contributed by atoms with van der Waals surface area (Å²) in [5.74, 6) is 1.34. The maximum Gasteiger partial charge on any atom is 0.163 e. The molecule has 1 N–H and O–H groups in total. The van der Waals surface area contributed by atoms with Gasteiger partial charge in [0.25, 0.3) is 0 Å². The van der Waals surface area contributed by atoms with Crippen molar-refractivity contribution in [1.29, 1.82) is 0 Å². The zero-order valence-corrected chi connectivity index (χ0v) is 13.1. The number of anilines is 1. The smallest absolute Gasteiger partial charge is 0.163 e. The van der Waals surface area contributed by atoms with Crippen molar-refractivity contribution in [3.63, 3.8) is 0 Å². The van der Waals surface area contributed by atoms with Gasteiger partial charge in [0.15, 0.2) is 11.6 Å². The van der Waals surface area contributed by atoms with Crippen LogP contribution in [0.2, 0.25) is 5.02 Å². The lowest BCUT2D eigenvalue weighted by atomic mass is 10.1. The molecule has 2 heterocycles. The molecule has 1 aliphatic rings. The number of aliphatic hydroxyl groups excluding tert-OH is 1. The van der Waals surface area contributed by atoms with Crippen molar-refractivity contribution in [2.75, 3.05) is 4.90 Å². The molecule has 0 bridgehead atoms. The molecule has 0 fully saturated rings. The van der Waals surface area contributed by atoms with Crippen molar-refractivity contribution in [1.82, 2.24) is 14.8 Å². The van der Waals surface area contributed by atoms with Crippen molar-refractivity contribution < 1.29 is 5.11 Å². The first-order valence-electron chi connectivity index (χ1n) is 7.39. The van der Waals surface area contributed by atoms with E-state index in [0.717, 1.165) is 22.8 Å². The van der Waals surface area contributed by atoms with Crippen LogP contribution in [-0.2, 0) is 19.7 Å². The van der Waals surface area contributed by atoms with Gasteiger partial charge >= 0.3 is 0 Å². The van der Waals surface area contributed by atoms with Crippen LogP contribution in [0, 0.1) is 0 Å². The fourth-order valence-corrected chi connectivity index (χ4v) is 3.18. The largest absolute Gasteiger partial charge is 0.388 e. The van der Waals surface area contributed by atoms with Crippen molar-refractivity contribution >= 4 is 17.3 Å². The number of hydrogen-bond acceptors (Lipinski definition) is 4. The first-order chi connectivity index (χ1) is 11.3. The highest BCUT2D eigenvalue weighted by Gasteiger charge is 2.23. The summed E-state index contributed by atoms with van der Waals surface area (Å²) in [5, 5.41) is 18.6. The zero-order valence-electron chi connectivity index (χ0n) is 12.4. The van der Waals surface area contributed by atoms with E-state index in [1.54, 1.807) is 0 Å². The molecule has 4 rings (SSSR count). The molecule has 0 spiro atoms. The first-order valence-corrected chi connectivity index (χ1v) is 7.77. The average molecular weight is 327 g/mol. The van der Waals surface area contributed by atoms with E-state index in [2.05, 4.69) is 27.2 Å². The van der Waals surface area contributed by atoms with Gasteiger partial charge in [-0.15, -0.1) is 10.2 Å². The molecule has 0 aliphatic carbocycles. The molecule has 0 unspecified atom stereocenters. The lowest BCUT2D eigenvalue weighted by Gasteiger charge is -2.22. The minimum Gasteiger partial charge on any atom is -0.388 e. The Balaban J connectivity index is 1.89. The summed E-state index contributed by atoms with van der Waals surface area (Å²) in [6.45, 7) is 1.18. The molecular weight excluding hydrogens is 312 g/mol. The van der Waals surface area contributed by atoms with Crippen LogP contribution in [0.4, 0.5) is 5.69 Å². The lowest BCUT2D eigenvalue weighted by Crippen LogP contribution is -2.21. The van der Waals surface area contributed by atoms with Crippen molar-refractivity contribution in [2.24, 2.45) is 0 Å². The summed E-state index contributed by atoms with van der Waals surface area (Å²) in [5.41, 5.74) is 3.16. The third-order valence-electron chi connectivity index (χ3n) is 4.04. The highest BCUT2D eigenvalue weighted by molar-refractivity contribution is 6.30. The minimum atomic E-state index is -0.152. The number of para-hydroxylation sites is 1. The van der Waals surface area contributed by atoms with Crippen LogP contribution < -0.4 is 4.90 Å². The number of aliphatic hydroxyl groups is 1. The van der Waals surface area contributed by atoms with Gasteiger partial charge in [-0.3, -0.25) is 4.57 Å². The molecule has 1 aromatic heterocycles. The number of rotatable bonds is 2. The third kappa shape index (κ3) is 2.48. The molecule has 3 aromatic rings. The van der Waals surface area contributed by atoms with Gasteiger partial charge in [0.05, 0.1) is 12.2 Å². The minimum absolute atomic E-state index is 0.152. The topological polar surface area (TPSA) is 54.2 Å². The number of halogens is 1. The summed E-state index contributed by atoms with van der Waals surface area (Å²) in [6.07, 6.45) is 0. The first kappa shape index (κ1) is 14.2. The van der Waals surface area contributed by atoms with E-state index < -0.39 is 0 Å². The molecule has 23 heavy (non-hydrogen) atoms. The molecule has 0 atom stereocenters. The SMILES string of the molecule is OCc1nnc2n1-c1ccc(Cl)cc1CN(c1ccccc1)C2. The summed E-state index contributed by atoms with van der Waals surface area (Å²) in [4.78, 5) is 2.23. The molecule has 0 saturated heterocycles. The maximum absolute atomic E-state index is 9.57. The predicted octanol–water partition coefficient (Wildman–Crippen LogP) is 2.93. The van der Waals surface area contributed by atoms with Crippen molar-refractivity contribution in [3.8, 4) is 5.69 Å². The van der Waals surface area contributed by atoms with Crippen LogP contribution in [0.5, 0.6) is 0 Å². The van der Waals surface area contributed by atoms with Gasteiger partial charge in [-0.2, -0.15) is 0 Å². The van der Waals surface area contributed by atoms with Gasteiger partial charge < -0.3 is 10.0 Å². The van der Waals surface area contributed by atoms with Crippen molar-refractivity contribution in [2.45, 2.75) is 19.7 Å². The number of aromatic nitrogens is 3. The molecule has 5 nitrogen and oxygen atoms in total. The summed E-state index contributed by atoms with van der Waals surface area (Å²) >= 11 is 6.19. The van der Waals surface area contributed by atoms with Crippen LogP contribution in [-0.4, -0.2) is 19.9 Å². The predicted molar refractivity (Wildman–Crippen MR) is 88.6 cm³/mol. The van der Waals surface area contributed by atoms with Crippen molar-refractivity contribution in [3.05, 3.63) is 70.8 Å². The maximum atomic E-state index is 9.57. The fourth-order valence-electron chi connectivity index (χ4n) is 2.99. The standard InChI is InChI=1S/C17H15ClN4O/c18-13-6-7-15-12(8-13)9-21(14-4-2-1-3-5-14)10-16-19-20-17(11-23)22(15)16/h1-8,23H,9-11H2. The molecular formula is C17H15ClN4O. The number of benzene rings is 2. The van der Waals surface area contributed by atoms with E-state index in [1.165, 1.54) is 0 Å². The number of fused-ring (bicyclic) bond motifs is 3. The van der Waals surface area contributed by atoms with E-state index in [-0.39, 0.29) is 6.61 Å². The molecule has 0 amide bonds. The van der Waals surface area contributed by atoms with E-state index in [1.807, 2.05) is 41.0 Å². The van der Waals surface area contributed by atoms with Gasteiger partial charge in [-0.05, 0) is 35.9 Å². The Hall–Kier alpha value is -2.37. The van der Waals surface area contributed by atoms with Gasteiger partial charge in [-0.1, -0.05) is 29.8 Å². The third-order valence-corrected chi connectivity index (χ3v) is 4.27. The van der Waals surface area contributed by atoms with E-state index in [9.17, 15) is 5.11 Å². The Morgan fingerprint density at radius 3 is 2.65 bits per heavy atom. The van der Waals surface area contributed by atoms with Gasteiger partial charge in [0.2, 0.25) is 0 Å². The van der Waals surface area contributed by atoms with Crippen LogP contribution in [0.3, 0.4) is 0 Å². The van der Waals surface area contributed by atoms with Crippen LogP contribution in [0.25, 0.3) is 5.69 Å². The second kappa shape index (κ2) is 5.68. The van der Waals surface area contributed by atoms with Crippen LogP contribution >= 0.6 is 11.6 Å². The Morgan fingerprint density at radius 1 is 1.04 bits per heavy atom.